The van der Waals surface area contributed by atoms with Crippen LogP contribution in [0.2, 0.25) is 0 Å². The number of carboxylic acids is 1. The first-order valence-electron chi connectivity index (χ1n) is 4.46. The van der Waals surface area contributed by atoms with Crippen LogP contribution in [0, 0.1) is 0 Å². The molecule has 0 bridgehead atoms. The number of rotatable bonds is 3. The molecule has 3 N–H and O–H groups in total. The molecular formula is C9H21NO4. The number of carbonyl (C=O) groups is 2. The fourth-order valence-corrected chi connectivity index (χ4v) is 0.123. The van der Waals surface area contributed by atoms with E-state index in [0.717, 1.165) is 0 Å². The maximum absolute atomic E-state index is 9.87. The summed E-state index contributed by atoms with van der Waals surface area (Å²) in [6.07, 6.45) is 1.68. The Hall–Kier alpha value is -0.940. The van der Waals surface area contributed by atoms with E-state index >= 15 is 0 Å². The van der Waals surface area contributed by atoms with Gasteiger partial charge in [0.1, 0.15) is 12.3 Å². The van der Waals surface area contributed by atoms with Crippen LogP contribution in [0.4, 0.5) is 0 Å². The van der Waals surface area contributed by atoms with Crippen molar-refractivity contribution in [3.8, 4) is 0 Å². The number of aldehydes is 1. The Kier molecular flexibility index (Phi) is 24.1. The topological polar surface area (TPSA) is 86.6 Å². The highest BCUT2D eigenvalue weighted by molar-refractivity contribution is 5.72. The number of carbonyl (C=O) groups excluding carboxylic acids is 1. The monoisotopic (exact) mass is 207 g/mol. The van der Waals surface area contributed by atoms with Gasteiger partial charge in [-0.3, -0.25) is 4.79 Å². The number of nitrogens with one attached hydrogen (secondary N) is 1. The Morgan fingerprint density at radius 3 is 1.79 bits per heavy atom. The molecular weight excluding hydrogens is 186 g/mol. The molecule has 0 saturated carbocycles. The van der Waals surface area contributed by atoms with E-state index < -0.39 is 12.0 Å². The zero-order valence-corrected chi connectivity index (χ0v) is 9.28. The number of aliphatic hydroxyl groups is 1. The van der Waals surface area contributed by atoms with Crippen molar-refractivity contribution in [2.45, 2.75) is 33.2 Å². The van der Waals surface area contributed by atoms with Gasteiger partial charge < -0.3 is 20.3 Å². The van der Waals surface area contributed by atoms with Gasteiger partial charge >= 0.3 is 5.97 Å². The third kappa shape index (κ3) is 30.5. The molecule has 5 heteroatoms. The highest BCUT2D eigenvalue weighted by Crippen LogP contribution is 1.74. The second-order valence-electron chi connectivity index (χ2n) is 2.40. The van der Waals surface area contributed by atoms with Gasteiger partial charge in [0.25, 0.3) is 0 Å². The van der Waals surface area contributed by atoms with Gasteiger partial charge in [0.15, 0.2) is 0 Å². The highest BCUT2D eigenvalue weighted by Gasteiger charge is 2.04. The number of aliphatic hydroxyl groups excluding tert-OH is 1. The molecule has 0 aliphatic rings. The van der Waals surface area contributed by atoms with Gasteiger partial charge in [0.05, 0.1) is 6.61 Å². The van der Waals surface area contributed by atoms with E-state index in [1.807, 2.05) is 0 Å². The second kappa shape index (κ2) is 18.0. The normalized spacial score (nSPS) is 9.79. The van der Waals surface area contributed by atoms with E-state index in [-0.39, 0.29) is 6.61 Å². The maximum Gasteiger partial charge on any atom is 0.320 e. The Morgan fingerprint density at radius 2 is 1.79 bits per heavy atom. The third-order valence-electron chi connectivity index (χ3n) is 0.878. The van der Waals surface area contributed by atoms with Crippen molar-refractivity contribution in [3.05, 3.63) is 0 Å². The minimum atomic E-state index is -0.817. The molecule has 14 heavy (non-hydrogen) atoms. The summed E-state index contributed by atoms with van der Waals surface area (Å²) in [5.41, 5.74) is 0. The van der Waals surface area contributed by atoms with Crippen molar-refractivity contribution in [1.29, 1.82) is 0 Å². The summed E-state index contributed by atoms with van der Waals surface area (Å²) in [6, 6.07) is -0.431. The van der Waals surface area contributed by atoms with Crippen molar-refractivity contribution in [2.75, 3.05) is 13.7 Å². The van der Waals surface area contributed by atoms with Crippen LogP contribution < -0.4 is 5.32 Å². The van der Waals surface area contributed by atoms with Crippen molar-refractivity contribution >= 4 is 12.3 Å². The average molecular weight is 207 g/mol. The Morgan fingerprint density at radius 1 is 1.50 bits per heavy atom. The molecule has 0 heterocycles. The standard InChI is InChI=1S/C4H9NO2.C3H8.C2H4O2/c1-3(5-2)4(6)7;1-3-2;3-1-2-4/h3,5H,1-2H3,(H,6,7);3H2,1-2H3;1,4H,2H2. The average Bonchev–Trinajstić information content (AvgIpc) is 2.18. The minimum absolute atomic E-state index is 0.361. The number of hydrogen-bond donors (Lipinski definition) is 3. The van der Waals surface area contributed by atoms with E-state index in [9.17, 15) is 4.79 Å². The van der Waals surface area contributed by atoms with Gasteiger partial charge in [-0.25, -0.2) is 0 Å². The van der Waals surface area contributed by atoms with Gasteiger partial charge in [0, 0.05) is 0 Å². The number of carboxylic acid groups (broad SMARTS) is 1. The molecule has 0 saturated heterocycles. The summed E-state index contributed by atoms with van der Waals surface area (Å²) in [4.78, 5) is 18.8. The lowest BCUT2D eigenvalue weighted by Gasteiger charge is -1.99. The van der Waals surface area contributed by atoms with Gasteiger partial charge in [-0.2, -0.15) is 0 Å². The molecule has 1 unspecified atom stereocenters. The van der Waals surface area contributed by atoms with Crippen molar-refractivity contribution < 1.29 is 19.8 Å². The van der Waals surface area contributed by atoms with Crippen LogP contribution >= 0.6 is 0 Å². The first kappa shape index (κ1) is 18.8. The van der Waals surface area contributed by atoms with Crippen LogP contribution in [-0.2, 0) is 9.59 Å². The van der Waals surface area contributed by atoms with E-state index in [4.69, 9.17) is 15.0 Å². The van der Waals surface area contributed by atoms with Crippen LogP contribution in [0.15, 0.2) is 0 Å². The van der Waals surface area contributed by atoms with E-state index in [0.29, 0.717) is 6.29 Å². The largest absolute Gasteiger partial charge is 0.480 e. The molecule has 0 aromatic carbocycles. The Labute approximate surface area is 85.1 Å². The molecule has 86 valence electrons. The molecule has 0 rings (SSSR count). The Balaban J connectivity index is -0.000000147. The zero-order chi connectivity index (χ0) is 12.0. The van der Waals surface area contributed by atoms with Crippen molar-refractivity contribution in [3.63, 3.8) is 0 Å². The predicted octanol–water partition coefficient (Wildman–Crippen LogP) is 0.273. The van der Waals surface area contributed by atoms with Crippen LogP contribution in [0.25, 0.3) is 0 Å². The van der Waals surface area contributed by atoms with E-state index in [1.54, 1.807) is 14.0 Å². The number of likely N-dealkylation sites (N-methyl/N-ethyl adjacent to an activating group) is 1. The molecule has 0 aromatic rings. The number of hydrogen-bond acceptors (Lipinski definition) is 4. The van der Waals surface area contributed by atoms with Gasteiger partial charge in [-0.15, -0.1) is 0 Å². The van der Waals surface area contributed by atoms with Crippen molar-refractivity contribution in [1.82, 2.24) is 5.32 Å². The molecule has 5 nitrogen and oxygen atoms in total. The summed E-state index contributed by atoms with van der Waals surface area (Å²) < 4.78 is 0. The molecule has 0 aliphatic heterocycles. The summed E-state index contributed by atoms with van der Waals surface area (Å²) in [5.74, 6) is -0.817. The highest BCUT2D eigenvalue weighted by atomic mass is 16.4. The second-order valence-corrected chi connectivity index (χ2v) is 2.40. The minimum Gasteiger partial charge on any atom is -0.480 e. The summed E-state index contributed by atoms with van der Waals surface area (Å²) in [6.45, 7) is 5.47. The lowest BCUT2D eigenvalue weighted by Crippen LogP contribution is -2.29. The predicted molar refractivity (Wildman–Crippen MR) is 55.3 cm³/mol. The zero-order valence-electron chi connectivity index (χ0n) is 9.28. The Bertz CT molecular complexity index is 128. The molecule has 0 fully saturated rings. The molecule has 0 radical (unpaired) electrons. The van der Waals surface area contributed by atoms with Gasteiger partial charge in [0.2, 0.25) is 0 Å². The molecule has 0 aromatic heterocycles. The van der Waals surface area contributed by atoms with Crippen LogP contribution in [0.3, 0.4) is 0 Å². The van der Waals surface area contributed by atoms with Crippen LogP contribution in [-0.4, -0.2) is 42.2 Å². The SMILES string of the molecule is CCC.CNC(C)C(=O)O.O=CCO. The summed E-state index contributed by atoms with van der Waals surface area (Å²) >= 11 is 0. The fraction of sp³-hybridized carbons (Fsp3) is 0.778. The first-order chi connectivity index (χ1) is 6.51. The summed E-state index contributed by atoms with van der Waals surface area (Å²) in [7, 11) is 1.61. The summed E-state index contributed by atoms with van der Waals surface area (Å²) in [5, 5.41) is 18.2. The first-order valence-corrected chi connectivity index (χ1v) is 4.46. The molecule has 0 spiro atoms. The lowest BCUT2D eigenvalue weighted by molar-refractivity contribution is -0.138. The maximum atomic E-state index is 9.87. The van der Waals surface area contributed by atoms with Crippen LogP contribution in [0.1, 0.15) is 27.2 Å². The lowest BCUT2D eigenvalue weighted by atomic mass is 10.4. The van der Waals surface area contributed by atoms with Gasteiger partial charge in [-0.1, -0.05) is 20.3 Å². The molecule has 0 aliphatic carbocycles. The van der Waals surface area contributed by atoms with Gasteiger partial charge in [-0.05, 0) is 14.0 Å². The van der Waals surface area contributed by atoms with E-state index in [1.165, 1.54) is 6.42 Å². The third-order valence-corrected chi connectivity index (χ3v) is 0.878. The number of aliphatic carboxylic acids is 1. The fourth-order valence-electron chi connectivity index (χ4n) is 0.123. The molecule has 0 amide bonds. The van der Waals surface area contributed by atoms with Crippen molar-refractivity contribution in [2.24, 2.45) is 0 Å². The smallest absolute Gasteiger partial charge is 0.320 e. The quantitative estimate of drug-likeness (QED) is 0.578. The van der Waals surface area contributed by atoms with Crippen LogP contribution in [0.5, 0.6) is 0 Å². The van der Waals surface area contributed by atoms with E-state index in [2.05, 4.69) is 19.2 Å². The molecule has 1 atom stereocenters.